The van der Waals surface area contributed by atoms with E-state index in [2.05, 4.69) is 4.18 Å². The first-order valence-electron chi connectivity index (χ1n) is 19.4. The van der Waals surface area contributed by atoms with Crippen molar-refractivity contribution < 1.29 is 70.4 Å². The van der Waals surface area contributed by atoms with Crippen LogP contribution in [-0.4, -0.2) is 117 Å². The van der Waals surface area contributed by atoms with E-state index in [1.807, 2.05) is 29.4 Å². The Hall–Kier alpha value is -3.80. The summed E-state index contributed by atoms with van der Waals surface area (Å²) in [7, 11) is -13.2. The molecule has 0 bridgehead atoms. The SMILES string of the molecule is COCCN1/C(=C/C=C/C=C/C2=[N+](CCCCCC(=O)O)c3ccc(S(=O)(=O)O)cc3C2(C)CCCS(=O)(=O)O)C(C)(CCCS(=O)(=O)OC)c2cc(S(=O)(=O)OC)ccc21. The van der Waals surface area contributed by atoms with Crippen LogP contribution in [0.1, 0.15) is 76.3 Å². The van der Waals surface area contributed by atoms with Crippen molar-refractivity contribution >= 4 is 63.5 Å². The highest BCUT2D eigenvalue weighted by atomic mass is 32.2. The molecule has 0 saturated carbocycles. The van der Waals surface area contributed by atoms with E-state index < -0.39 is 63.0 Å². The van der Waals surface area contributed by atoms with Crippen LogP contribution in [-0.2, 0) is 69.2 Å². The number of aliphatic carboxylic acids is 1. The molecule has 0 spiro atoms. The Bertz CT molecular complexity index is 2530. The summed E-state index contributed by atoms with van der Waals surface area (Å²) >= 11 is 0. The molecule has 0 fully saturated rings. The van der Waals surface area contributed by atoms with E-state index in [4.69, 9.17) is 14.0 Å². The summed E-state index contributed by atoms with van der Waals surface area (Å²) in [6.07, 6.45) is 11.1. The third kappa shape index (κ3) is 12.2. The first-order chi connectivity index (χ1) is 28.4. The van der Waals surface area contributed by atoms with E-state index in [1.165, 1.54) is 24.3 Å². The van der Waals surface area contributed by atoms with E-state index in [9.17, 15) is 47.6 Å². The van der Waals surface area contributed by atoms with Crippen molar-refractivity contribution in [2.75, 3.05) is 57.4 Å². The molecule has 21 heteroatoms. The average molecular weight is 932 g/mol. The molecule has 17 nitrogen and oxygen atoms in total. The van der Waals surface area contributed by atoms with Gasteiger partial charge in [0.25, 0.3) is 40.5 Å². The van der Waals surface area contributed by atoms with Gasteiger partial charge in [-0.25, -0.2) is 0 Å². The van der Waals surface area contributed by atoms with Gasteiger partial charge in [-0.2, -0.15) is 38.2 Å². The number of rotatable bonds is 24. The number of carboxylic acid groups (broad SMARTS) is 1. The van der Waals surface area contributed by atoms with Crippen LogP contribution in [0.2, 0.25) is 0 Å². The number of carboxylic acids is 1. The summed E-state index contributed by atoms with van der Waals surface area (Å²) in [6, 6.07) is 8.83. The number of hydrogen-bond acceptors (Lipinski definition) is 13. The second kappa shape index (κ2) is 20.1. The lowest BCUT2D eigenvalue weighted by molar-refractivity contribution is -0.438. The molecule has 2 atom stereocenters. The fraction of sp³-hybridized carbons (Fsp3) is 0.500. The van der Waals surface area contributed by atoms with Crippen molar-refractivity contribution in [3.63, 3.8) is 0 Å². The highest BCUT2D eigenvalue weighted by molar-refractivity contribution is 7.87. The zero-order valence-electron chi connectivity index (χ0n) is 34.8. The molecule has 0 saturated heterocycles. The maximum Gasteiger partial charge on any atom is 0.303 e. The van der Waals surface area contributed by atoms with Gasteiger partial charge in [-0.1, -0.05) is 18.2 Å². The van der Waals surface area contributed by atoms with Crippen LogP contribution in [0.3, 0.4) is 0 Å². The minimum absolute atomic E-state index is 0.00608. The monoisotopic (exact) mass is 931 g/mol. The molecule has 2 unspecified atom stereocenters. The molecule has 61 heavy (non-hydrogen) atoms. The Morgan fingerprint density at radius 2 is 1.43 bits per heavy atom. The quantitative estimate of drug-likeness (QED) is 0.0407. The zero-order chi connectivity index (χ0) is 45.4. The lowest BCUT2D eigenvalue weighted by Gasteiger charge is -2.30. The number of benzene rings is 2. The minimum Gasteiger partial charge on any atom is -0.481 e. The smallest absolute Gasteiger partial charge is 0.303 e. The van der Waals surface area contributed by atoms with Crippen LogP contribution in [0.5, 0.6) is 0 Å². The van der Waals surface area contributed by atoms with E-state index in [0.29, 0.717) is 67.2 Å². The third-order valence-corrected chi connectivity index (χ3v) is 15.4. The molecule has 0 aromatic heterocycles. The van der Waals surface area contributed by atoms with E-state index in [0.717, 1.165) is 19.9 Å². The zero-order valence-corrected chi connectivity index (χ0v) is 38.1. The summed E-state index contributed by atoms with van der Waals surface area (Å²) < 4.78 is 135. The molecule has 0 amide bonds. The molecule has 2 aliphatic rings. The fourth-order valence-corrected chi connectivity index (χ4v) is 10.4. The molecule has 0 radical (unpaired) electrons. The number of allylic oxidation sites excluding steroid dienone is 6. The molecule has 3 N–H and O–H groups in total. The molecule has 0 aliphatic carbocycles. The Labute approximate surface area is 359 Å². The van der Waals surface area contributed by atoms with Gasteiger partial charge >= 0.3 is 5.97 Å². The number of ether oxygens (including phenoxy) is 1. The number of carbonyl (C=O) groups is 1. The topological polar surface area (TPSA) is 248 Å². The number of fused-ring (bicyclic) bond motifs is 2. The number of anilines is 1. The lowest BCUT2D eigenvalue weighted by atomic mass is 9.76. The van der Waals surface area contributed by atoms with Crippen LogP contribution in [0.4, 0.5) is 11.4 Å². The Morgan fingerprint density at radius 3 is 2.05 bits per heavy atom. The summed E-state index contributed by atoms with van der Waals surface area (Å²) in [5.74, 6) is -1.74. The van der Waals surface area contributed by atoms with Gasteiger partial charge in [0.2, 0.25) is 5.69 Å². The van der Waals surface area contributed by atoms with Crippen molar-refractivity contribution in [1.82, 2.24) is 0 Å². The van der Waals surface area contributed by atoms with Gasteiger partial charge in [-0.15, -0.1) is 0 Å². The van der Waals surface area contributed by atoms with E-state index in [-0.39, 0.29) is 47.6 Å². The van der Waals surface area contributed by atoms with Crippen molar-refractivity contribution in [3.05, 3.63) is 83.6 Å². The number of nitrogens with zero attached hydrogens (tertiary/aromatic N) is 2. The number of unbranched alkanes of at least 4 members (excludes halogenated alkanes) is 2. The normalized spacial score (nSPS) is 20.4. The average Bonchev–Trinajstić information content (AvgIpc) is 3.55. The fourth-order valence-electron chi connectivity index (χ4n) is 8.04. The van der Waals surface area contributed by atoms with Crippen LogP contribution < -0.4 is 4.90 Å². The van der Waals surface area contributed by atoms with Gasteiger partial charge in [0, 0.05) is 61.0 Å². The van der Waals surface area contributed by atoms with Gasteiger partial charge in [0.1, 0.15) is 6.54 Å². The highest BCUT2D eigenvalue weighted by Crippen LogP contribution is 2.51. The standard InChI is InChI=1S/C40H54N2O15S4/c1-39(21-12-26-58(45,46)47)32-28-30(60(50,51)52)17-19-34(32)41(23-11-7-10-16-38(43)44)36(39)14-8-6-9-15-37-40(2,22-13-27-59(48,49)56-4)33-29-31(61(53,54)57-5)18-20-35(33)42(37)24-25-55-3/h6,8-9,14-15,17-20,28-29H,7,10-13,16,21-27H2,1-5H3,(H2-,43,44,45,46,47,50,51,52)/p+1. The lowest BCUT2D eigenvalue weighted by Crippen LogP contribution is -2.32. The molecular weight excluding hydrogens is 877 g/mol. The first kappa shape index (κ1) is 49.9. The van der Waals surface area contributed by atoms with Crippen LogP contribution in [0.25, 0.3) is 0 Å². The summed E-state index contributed by atoms with van der Waals surface area (Å²) in [5.41, 5.74) is 1.91. The Kier molecular flexibility index (Phi) is 16.5. The maximum absolute atomic E-state index is 12.8. The molecule has 2 heterocycles. The van der Waals surface area contributed by atoms with E-state index in [1.54, 1.807) is 43.5 Å². The molecule has 338 valence electrons. The van der Waals surface area contributed by atoms with Gasteiger partial charge in [0.05, 0.1) is 47.5 Å². The third-order valence-electron chi connectivity index (χ3n) is 11.2. The van der Waals surface area contributed by atoms with Crippen molar-refractivity contribution in [2.24, 2.45) is 0 Å². The number of methoxy groups -OCH3 is 1. The van der Waals surface area contributed by atoms with Crippen LogP contribution >= 0.6 is 0 Å². The summed E-state index contributed by atoms with van der Waals surface area (Å²) in [4.78, 5) is 12.7. The van der Waals surface area contributed by atoms with Crippen LogP contribution in [0, 0.1) is 0 Å². The molecule has 2 aromatic rings. The van der Waals surface area contributed by atoms with Crippen molar-refractivity contribution in [1.29, 1.82) is 0 Å². The number of hydrogen-bond donors (Lipinski definition) is 3. The highest BCUT2D eigenvalue weighted by Gasteiger charge is 2.48. The minimum atomic E-state index is -4.62. The molecule has 4 rings (SSSR count). The van der Waals surface area contributed by atoms with Gasteiger partial charge in [-0.3, -0.25) is 22.3 Å². The van der Waals surface area contributed by atoms with Gasteiger partial charge in [-0.05, 0) is 94.3 Å². The van der Waals surface area contributed by atoms with Crippen molar-refractivity contribution in [2.45, 2.75) is 85.8 Å². The maximum atomic E-state index is 12.8. The van der Waals surface area contributed by atoms with Crippen molar-refractivity contribution in [3.8, 4) is 0 Å². The second-order valence-corrected chi connectivity index (χ2v) is 21.8. The molecule has 2 aromatic carbocycles. The van der Waals surface area contributed by atoms with E-state index >= 15 is 0 Å². The summed E-state index contributed by atoms with van der Waals surface area (Å²) in [5, 5.41) is 9.13. The predicted octanol–water partition coefficient (Wildman–Crippen LogP) is 5.11. The van der Waals surface area contributed by atoms with Gasteiger partial charge < -0.3 is 14.7 Å². The molecular formula is C40H55N2O15S4+. The Morgan fingerprint density at radius 1 is 0.770 bits per heavy atom. The summed E-state index contributed by atoms with van der Waals surface area (Å²) in [6.45, 7) is 4.77. The van der Waals surface area contributed by atoms with Crippen LogP contribution in [0.15, 0.2) is 82.3 Å². The van der Waals surface area contributed by atoms with Gasteiger partial charge in [0.15, 0.2) is 5.71 Å². The predicted molar refractivity (Wildman–Crippen MR) is 229 cm³/mol. The largest absolute Gasteiger partial charge is 0.481 e. The molecule has 2 aliphatic heterocycles. The first-order valence-corrected chi connectivity index (χ1v) is 25.5. The second-order valence-electron chi connectivity index (χ2n) is 15.2. The Balaban J connectivity index is 1.83.